The largest absolute Gasteiger partial charge is 0.456 e. The van der Waals surface area contributed by atoms with Crippen molar-refractivity contribution in [3.8, 4) is 0 Å². The first-order valence-corrected chi connectivity index (χ1v) is 10.2. The van der Waals surface area contributed by atoms with Crippen LogP contribution in [-0.4, -0.2) is 34.5 Å². The molecule has 5 nitrogen and oxygen atoms in total. The Kier molecular flexibility index (Phi) is 10.8. The van der Waals surface area contributed by atoms with E-state index in [0.717, 1.165) is 13.0 Å². The van der Waals surface area contributed by atoms with Crippen LogP contribution in [0.2, 0.25) is 5.02 Å². The Morgan fingerprint density at radius 3 is 2.58 bits per heavy atom. The van der Waals surface area contributed by atoms with E-state index in [4.69, 9.17) is 16.3 Å². The summed E-state index contributed by atoms with van der Waals surface area (Å²) >= 11 is 8.23. The predicted octanol–water partition coefficient (Wildman–Crippen LogP) is 4.87. The van der Waals surface area contributed by atoms with Crippen molar-refractivity contribution in [1.82, 2.24) is 9.97 Å². The van der Waals surface area contributed by atoms with E-state index in [-0.39, 0.29) is 5.97 Å². The number of rotatable bonds is 12. The van der Waals surface area contributed by atoms with Crippen LogP contribution in [0.1, 0.15) is 64.2 Å². The summed E-state index contributed by atoms with van der Waals surface area (Å²) in [6.07, 6.45) is 10.6. The van der Waals surface area contributed by atoms with E-state index < -0.39 is 6.10 Å². The Bertz CT molecular complexity index is 503. The molecule has 0 bridgehead atoms. The molecule has 24 heavy (non-hydrogen) atoms. The van der Waals surface area contributed by atoms with Gasteiger partial charge in [-0.1, -0.05) is 37.3 Å². The van der Waals surface area contributed by atoms with Crippen LogP contribution in [0.3, 0.4) is 0 Å². The minimum Gasteiger partial charge on any atom is -0.456 e. The molecular formula is C17H28ClN3O2S. The molecule has 7 heteroatoms. The van der Waals surface area contributed by atoms with E-state index in [1.807, 2.05) is 11.8 Å². The van der Waals surface area contributed by atoms with E-state index >= 15 is 0 Å². The summed E-state index contributed by atoms with van der Waals surface area (Å²) in [6, 6.07) is 0. The summed E-state index contributed by atoms with van der Waals surface area (Å²) in [5.41, 5.74) is 0.526. The molecule has 1 aromatic heterocycles. The lowest BCUT2D eigenvalue weighted by molar-refractivity contribution is -0.145. The number of carbonyl (C=O) groups is 1. The van der Waals surface area contributed by atoms with Gasteiger partial charge in [-0.3, -0.25) is 4.79 Å². The number of aromatic nitrogens is 2. The molecule has 0 aliphatic carbocycles. The van der Waals surface area contributed by atoms with Gasteiger partial charge in [-0.25, -0.2) is 9.97 Å². The maximum atomic E-state index is 11.1. The molecule has 0 saturated carbocycles. The van der Waals surface area contributed by atoms with Crippen molar-refractivity contribution < 1.29 is 9.53 Å². The number of hydrogen-bond acceptors (Lipinski definition) is 6. The second-order valence-corrected chi connectivity index (χ2v) is 7.08. The molecule has 0 saturated heterocycles. The smallest absolute Gasteiger partial charge is 0.303 e. The SMILES string of the molecule is CSCCCCCCCCNc1ncnc(C(C)OC(C)=O)c1Cl. The minimum atomic E-state index is -0.486. The lowest BCUT2D eigenvalue weighted by Gasteiger charge is -2.15. The Morgan fingerprint density at radius 1 is 1.25 bits per heavy atom. The van der Waals surface area contributed by atoms with E-state index in [2.05, 4.69) is 21.5 Å². The van der Waals surface area contributed by atoms with Crippen LogP contribution in [0, 0.1) is 0 Å². The molecule has 0 aliphatic rings. The van der Waals surface area contributed by atoms with Gasteiger partial charge in [0.05, 0.1) is 0 Å². The van der Waals surface area contributed by atoms with Crippen LogP contribution in [0.15, 0.2) is 6.33 Å². The molecule has 0 amide bonds. The van der Waals surface area contributed by atoms with Gasteiger partial charge in [0.2, 0.25) is 0 Å². The third kappa shape index (κ3) is 8.20. The van der Waals surface area contributed by atoms with E-state index in [9.17, 15) is 4.79 Å². The molecule has 1 aromatic rings. The van der Waals surface area contributed by atoms with Crippen LogP contribution in [0.4, 0.5) is 5.82 Å². The van der Waals surface area contributed by atoms with Crippen LogP contribution in [0.5, 0.6) is 0 Å². The maximum absolute atomic E-state index is 11.1. The van der Waals surface area contributed by atoms with Gasteiger partial charge in [-0.2, -0.15) is 11.8 Å². The van der Waals surface area contributed by atoms with Crippen LogP contribution < -0.4 is 5.32 Å². The fourth-order valence-electron chi connectivity index (χ4n) is 2.38. The van der Waals surface area contributed by atoms with Gasteiger partial charge in [0.25, 0.3) is 0 Å². The zero-order valence-electron chi connectivity index (χ0n) is 14.8. The number of ether oxygens (including phenoxy) is 1. The molecular weight excluding hydrogens is 346 g/mol. The summed E-state index contributed by atoms with van der Waals surface area (Å²) in [6.45, 7) is 3.94. The molecule has 0 aromatic carbocycles. The predicted molar refractivity (Wildman–Crippen MR) is 102 cm³/mol. The maximum Gasteiger partial charge on any atom is 0.303 e. The van der Waals surface area contributed by atoms with Crippen LogP contribution in [-0.2, 0) is 9.53 Å². The van der Waals surface area contributed by atoms with Crippen molar-refractivity contribution in [2.45, 2.75) is 58.5 Å². The summed E-state index contributed by atoms with van der Waals surface area (Å²) in [4.78, 5) is 19.3. The number of hydrogen-bond donors (Lipinski definition) is 1. The number of anilines is 1. The van der Waals surface area contributed by atoms with E-state index in [0.29, 0.717) is 16.5 Å². The fraction of sp³-hybridized carbons (Fsp3) is 0.706. The first-order valence-electron chi connectivity index (χ1n) is 8.46. The summed E-state index contributed by atoms with van der Waals surface area (Å²) in [5.74, 6) is 1.51. The van der Waals surface area contributed by atoms with Crippen molar-refractivity contribution in [2.75, 3.05) is 23.9 Å². The van der Waals surface area contributed by atoms with Gasteiger partial charge in [0, 0.05) is 13.5 Å². The van der Waals surface area contributed by atoms with Gasteiger partial charge in [-0.05, 0) is 31.8 Å². The third-order valence-electron chi connectivity index (χ3n) is 3.61. The number of halogens is 1. The highest BCUT2D eigenvalue weighted by Gasteiger charge is 2.17. The number of nitrogens with one attached hydrogen (secondary N) is 1. The zero-order chi connectivity index (χ0) is 17.8. The van der Waals surface area contributed by atoms with Crippen molar-refractivity contribution in [3.05, 3.63) is 17.0 Å². The number of nitrogens with zero attached hydrogens (tertiary/aromatic N) is 2. The lowest BCUT2D eigenvalue weighted by Crippen LogP contribution is -2.10. The molecule has 1 N–H and O–H groups in total. The molecule has 0 fully saturated rings. The summed E-state index contributed by atoms with van der Waals surface area (Å²) in [7, 11) is 0. The van der Waals surface area contributed by atoms with Crippen LogP contribution >= 0.6 is 23.4 Å². The Hall–Kier alpha value is -1.01. The molecule has 1 atom stereocenters. The third-order valence-corrected chi connectivity index (χ3v) is 4.68. The topological polar surface area (TPSA) is 64.1 Å². The van der Waals surface area contributed by atoms with Crippen molar-refractivity contribution in [2.24, 2.45) is 0 Å². The first kappa shape index (κ1) is 21.0. The number of unbranched alkanes of at least 4 members (excludes halogenated alkanes) is 5. The molecule has 1 rings (SSSR count). The average Bonchev–Trinajstić information content (AvgIpc) is 2.54. The summed E-state index contributed by atoms with van der Waals surface area (Å²) < 4.78 is 5.13. The minimum absolute atomic E-state index is 0.357. The summed E-state index contributed by atoms with van der Waals surface area (Å²) in [5, 5.41) is 3.67. The van der Waals surface area contributed by atoms with Gasteiger partial charge in [0.15, 0.2) is 0 Å². The van der Waals surface area contributed by atoms with Gasteiger partial charge < -0.3 is 10.1 Å². The second-order valence-electron chi connectivity index (χ2n) is 5.71. The Morgan fingerprint density at radius 2 is 1.92 bits per heavy atom. The van der Waals surface area contributed by atoms with Crippen molar-refractivity contribution in [3.63, 3.8) is 0 Å². The number of esters is 1. The highest BCUT2D eigenvalue weighted by molar-refractivity contribution is 7.98. The van der Waals surface area contributed by atoms with E-state index in [1.165, 1.54) is 51.1 Å². The zero-order valence-corrected chi connectivity index (χ0v) is 16.4. The normalized spacial score (nSPS) is 12.0. The molecule has 136 valence electrons. The fourth-order valence-corrected chi connectivity index (χ4v) is 3.19. The highest BCUT2D eigenvalue weighted by atomic mass is 35.5. The average molecular weight is 374 g/mol. The molecule has 1 heterocycles. The quantitative estimate of drug-likeness (QED) is 0.416. The van der Waals surface area contributed by atoms with Crippen molar-refractivity contribution >= 4 is 35.1 Å². The first-order chi connectivity index (χ1) is 11.6. The monoisotopic (exact) mass is 373 g/mol. The molecule has 0 spiro atoms. The lowest BCUT2D eigenvalue weighted by atomic mass is 10.1. The van der Waals surface area contributed by atoms with Gasteiger partial charge in [-0.15, -0.1) is 0 Å². The number of carbonyl (C=O) groups excluding carboxylic acids is 1. The molecule has 1 unspecified atom stereocenters. The van der Waals surface area contributed by atoms with Crippen molar-refractivity contribution in [1.29, 1.82) is 0 Å². The van der Waals surface area contributed by atoms with Crippen LogP contribution in [0.25, 0.3) is 0 Å². The Labute approximate surface area is 154 Å². The standard InChI is InChI=1S/C17H28ClN3O2S/c1-13(23-14(2)22)16-15(18)17(21-12-20-16)19-10-8-6-4-5-7-9-11-24-3/h12-13H,4-11H2,1-3H3,(H,19,20,21). The Balaban J connectivity index is 2.31. The molecule has 0 aliphatic heterocycles. The van der Waals surface area contributed by atoms with Gasteiger partial charge in [0.1, 0.15) is 29.0 Å². The highest BCUT2D eigenvalue weighted by Crippen LogP contribution is 2.28. The van der Waals surface area contributed by atoms with Gasteiger partial charge >= 0.3 is 5.97 Å². The van der Waals surface area contributed by atoms with E-state index in [1.54, 1.807) is 6.92 Å². The number of thioether (sulfide) groups is 1. The second kappa shape index (κ2) is 12.4. The molecule has 0 radical (unpaired) electrons.